The fourth-order valence-corrected chi connectivity index (χ4v) is 3.59. The molecule has 130 valence electrons. The largest absolute Gasteiger partial charge is 0.327 e. The van der Waals surface area contributed by atoms with Gasteiger partial charge < -0.3 is 10.2 Å². The Kier molecular flexibility index (Phi) is 5.73. The van der Waals surface area contributed by atoms with Crippen LogP contribution in [0.15, 0.2) is 35.9 Å². The number of amides is 2. The number of anilines is 1. The molecular weight excluding hydrogens is 381 g/mol. The van der Waals surface area contributed by atoms with Gasteiger partial charge in [0.25, 0.3) is 0 Å². The van der Waals surface area contributed by atoms with Gasteiger partial charge in [-0.2, -0.15) is 0 Å². The van der Waals surface area contributed by atoms with Crippen LogP contribution in [0.3, 0.4) is 0 Å². The van der Waals surface area contributed by atoms with Crippen molar-refractivity contribution >= 4 is 57.6 Å². The van der Waals surface area contributed by atoms with Gasteiger partial charge in [-0.15, -0.1) is 11.3 Å². The molecule has 0 spiro atoms. The van der Waals surface area contributed by atoms with Crippen molar-refractivity contribution < 1.29 is 9.59 Å². The van der Waals surface area contributed by atoms with Gasteiger partial charge in [0.05, 0.1) is 10.0 Å². The molecule has 5 nitrogen and oxygen atoms in total. The van der Waals surface area contributed by atoms with Gasteiger partial charge in [0.15, 0.2) is 5.13 Å². The Morgan fingerprint density at radius 3 is 2.96 bits per heavy atom. The Bertz CT molecular complexity index is 808. The minimum atomic E-state index is -0.490. The minimum Gasteiger partial charge on any atom is -0.327 e. The molecule has 1 saturated heterocycles. The normalized spacial score (nSPS) is 17.2. The van der Waals surface area contributed by atoms with Crippen molar-refractivity contribution in [3.05, 3.63) is 51.5 Å². The first-order valence-electron chi connectivity index (χ1n) is 7.69. The third-order valence-corrected chi connectivity index (χ3v) is 5.41. The summed E-state index contributed by atoms with van der Waals surface area (Å²) in [7, 11) is 0. The van der Waals surface area contributed by atoms with E-state index in [0.29, 0.717) is 33.7 Å². The fraction of sp³-hybridized carbons (Fsp3) is 0.235. The van der Waals surface area contributed by atoms with E-state index in [9.17, 15) is 9.59 Å². The predicted octanol–water partition coefficient (Wildman–Crippen LogP) is 4.09. The quantitative estimate of drug-likeness (QED) is 0.792. The molecule has 3 rings (SSSR count). The summed E-state index contributed by atoms with van der Waals surface area (Å²) in [6, 6.07) is 4.73. The maximum absolute atomic E-state index is 12.5. The standard InChI is InChI=1S/C17H15Cl2N3O2S/c18-12-4-1-3-11(15(12)19)6-7-14(23)22-9-2-5-13(22)16(24)21-17-20-8-10-25-17/h1,3-4,6-8,10,13H,2,5,9H2,(H,20,21,24). The van der Waals surface area contributed by atoms with Crippen LogP contribution >= 0.6 is 34.5 Å². The van der Waals surface area contributed by atoms with Gasteiger partial charge >= 0.3 is 0 Å². The van der Waals surface area contributed by atoms with Crippen molar-refractivity contribution in [2.45, 2.75) is 18.9 Å². The van der Waals surface area contributed by atoms with E-state index in [1.165, 1.54) is 17.4 Å². The first-order chi connectivity index (χ1) is 12.1. The molecule has 1 atom stereocenters. The SMILES string of the molecule is O=C(Nc1nccs1)C1CCCN1C(=O)C=Cc1cccc(Cl)c1Cl. The van der Waals surface area contributed by atoms with Crippen molar-refractivity contribution in [3.63, 3.8) is 0 Å². The smallest absolute Gasteiger partial charge is 0.248 e. The molecule has 8 heteroatoms. The molecule has 1 aliphatic heterocycles. The number of nitrogens with one attached hydrogen (secondary N) is 1. The first kappa shape index (κ1) is 17.9. The van der Waals surface area contributed by atoms with Crippen LogP contribution in [0, 0.1) is 0 Å². The molecule has 0 aliphatic carbocycles. The summed E-state index contributed by atoms with van der Waals surface area (Å²) in [4.78, 5) is 30.5. The zero-order valence-corrected chi connectivity index (χ0v) is 15.4. The second-order valence-electron chi connectivity index (χ2n) is 5.49. The molecule has 1 N–H and O–H groups in total. The fourth-order valence-electron chi connectivity index (χ4n) is 2.68. The van der Waals surface area contributed by atoms with E-state index in [4.69, 9.17) is 23.2 Å². The van der Waals surface area contributed by atoms with Gasteiger partial charge in [-0.05, 0) is 30.5 Å². The van der Waals surface area contributed by atoms with Gasteiger partial charge in [-0.25, -0.2) is 4.98 Å². The van der Waals surface area contributed by atoms with Crippen molar-refractivity contribution in [2.24, 2.45) is 0 Å². The second-order valence-corrected chi connectivity index (χ2v) is 7.17. The Balaban J connectivity index is 1.69. The molecule has 25 heavy (non-hydrogen) atoms. The van der Waals surface area contributed by atoms with Gasteiger partial charge in [0.2, 0.25) is 11.8 Å². The van der Waals surface area contributed by atoms with Crippen LogP contribution in [0.2, 0.25) is 10.0 Å². The lowest BCUT2D eigenvalue weighted by Crippen LogP contribution is -2.42. The van der Waals surface area contributed by atoms with E-state index in [1.54, 1.807) is 40.8 Å². The van der Waals surface area contributed by atoms with Crippen molar-refractivity contribution in [1.82, 2.24) is 9.88 Å². The summed E-state index contributed by atoms with van der Waals surface area (Å²) in [6.07, 6.45) is 6.08. The zero-order chi connectivity index (χ0) is 17.8. The van der Waals surface area contributed by atoms with E-state index in [-0.39, 0.29) is 11.8 Å². The van der Waals surface area contributed by atoms with Crippen molar-refractivity contribution in [3.8, 4) is 0 Å². The molecule has 0 radical (unpaired) electrons. The van der Waals surface area contributed by atoms with E-state index in [1.807, 2.05) is 0 Å². The van der Waals surface area contributed by atoms with E-state index < -0.39 is 6.04 Å². The summed E-state index contributed by atoms with van der Waals surface area (Å²) >= 11 is 13.4. The van der Waals surface area contributed by atoms with Crippen LogP contribution in [0.25, 0.3) is 6.08 Å². The Labute approximate surface area is 159 Å². The van der Waals surface area contributed by atoms with E-state index >= 15 is 0 Å². The van der Waals surface area contributed by atoms with Gasteiger partial charge in [-0.1, -0.05) is 35.3 Å². The van der Waals surface area contributed by atoms with Crippen LogP contribution in [-0.2, 0) is 9.59 Å². The number of hydrogen-bond donors (Lipinski definition) is 1. The highest BCUT2D eigenvalue weighted by Crippen LogP contribution is 2.27. The Morgan fingerprint density at radius 2 is 2.20 bits per heavy atom. The molecule has 1 aliphatic rings. The molecule has 1 aromatic carbocycles. The number of rotatable bonds is 4. The molecule has 1 aromatic heterocycles. The third kappa shape index (κ3) is 4.21. The summed E-state index contributed by atoms with van der Waals surface area (Å²) < 4.78 is 0. The van der Waals surface area contributed by atoms with Crippen LogP contribution in [0.4, 0.5) is 5.13 Å². The highest BCUT2D eigenvalue weighted by atomic mass is 35.5. The maximum Gasteiger partial charge on any atom is 0.248 e. The number of benzene rings is 1. The number of likely N-dealkylation sites (tertiary alicyclic amines) is 1. The van der Waals surface area contributed by atoms with Gasteiger partial charge in [0, 0.05) is 24.2 Å². The van der Waals surface area contributed by atoms with Crippen LogP contribution in [-0.4, -0.2) is 34.3 Å². The monoisotopic (exact) mass is 395 g/mol. The molecule has 2 heterocycles. The van der Waals surface area contributed by atoms with Gasteiger partial charge in [0.1, 0.15) is 6.04 Å². The van der Waals surface area contributed by atoms with E-state index in [0.717, 1.165) is 6.42 Å². The molecule has 2 aromatic rings. The summed E-state index contributed by atoms with van der Waals surface area (Å²) in [5.41, 5.74) is 0.658. The highest BCUT2D eigenvalue weighted by molar-refractivity contribution is 7.13. The van der Waals surface area contributed by atoms with Crippen molar-refractivity contribution in [1.29, 1.82) is 0 Å². The maximum atomic E-state index is 12.5. The molecule has 2 amide bonds. The summed E-state index contributed by atoms with van der Waals surface area (Å²) in [5, 5.41) is 5.89. The van der Waals surface area contributed by atoms with Crippen molar-refractivity contribution in [2.75, 3.05) is 11.9 Å². The second kappa shape index (κ2) is 7.99. The third-order valence-electron chi connectivity index (χ3n) is 3.89. The lowest BCUT2D eigenvalue weighted by atomic mass is 10.2. The highest BCUT2D eigenvalue weighted by Gasteiger charge is 2.33. The number of nitrogens with zero attached hydrogens (tertiary/aromatic N) is 2. The molecule has 0 saturated carbocycles. The van der Waals surface area contributed by atoms with E-state index in [2.05, 4.69) is 10.3 Å². The molecule has 1 fully saturated rings. The Hall–Kier alpha value is -1.89. The summed E-state index contributed by atoms with van der Waals surface area (Å²) in [5.74, 6) is -0.442. The number of carbonyl (C=O) groups is 2. The number of aromatic nitrogens is 1. The molecular formula is C17H15Cl2N3O2S. The minimum absolute atomic E-state index is 0.213. The number of hydrogen-bond acceptors (Lipinski definition) is 4. The zero-order valence-electron chi connectivity index (χ0n) is 13.1. The predicted molar refractivity (Wildman–Crippen MR) is 101 cm³/mol. The number of halogens is 2. The number of thiazole rings is 1. The topological polar surface area (TPSA) is 62.3 Å². The average molecular weight is 396 g/mol. The lowest BCUT2D eigenvalue weighted by molar-refractivity contribution is -0.132. The van der Waals surface area contributed by atoms with Crippen LogP contribution < -0.4 is 5.32 Å². The number of carbonyl (C=O) groups excluding carboxylic acids is 2. The lowest BCUT2D eigenvalue weighted by Gasteiger charge is -2.22. The molecule has 0 bridgehead atoms. The van der Waals surface area contributed by atoms with Crippen LogP contribution in [0.1, 0.15) is 18.4 Å². The summed E-state index contributed by atoms with van der Waals surface area (Å²) in [6.45, 7) is 0.544. The first-order valence-corrected chi connectivity index (χ1v) is 9.33. The van der Waals surface area contributed by atoms with Crippen LogP contribution in [0.5, 0.6) is 0 Å². The van der Waals surface area contributed by atoms with Gasteiger partial charge in [-0.3, -0.25) is 9.59 Å². The Morgan fingerprint density at radius 1 is 1.36 bits per heavy atom. The average Bonchev–Trinajstić information content (AvgIpc) is 3.27. The molecule has 1 unspecified atom stereocenters.